The Morgan fingerprint density at radius 1 is 0.926 bits per heavy atom. The summed E-state index contributed by atoms with van der Waals surface area (Å²) in [6, 6.07) is 0. The smallest absolute Gasteiger partial charge is 0.161 e. The third kappa shape index (κ3) is 10.0. The fourth-order valence-electron chi connectivity index (χ4n) is 3.62. The zero-order valence-electron chi connectivity index (χ0n) is 19.4. The zero-order valence-corrected chi connectivity index (χ0v) is 20.2. The van der Waals surface area contributed by atoms with Crippen LogP contribution in [-0.2, 0) is 14.2 Å². The van der Waals surface area contributed by atoms with Crippen LogP contribution in [0.4, 0.5) is 0 Å². The molecule has 0 radical (unpaired) electrons. The quantitative estimate of drug-likeness (QED) is 0.360. The summed E-state index contributed by atoms with van der Waals surface area (Å²) >= 11 is 2.07. The number of unbranched alkanes of at least 4 members (excludes halogenated alkanes) is 3. The van der Waals surface area contributed by atoms with Crippen LogP contribution >= 0.6 is 11.8 Å². The highest BCUT2D eigenvalue weighted by atomic mass is 32.2. The average Bonchev–Trinajstić information content (AvgIpc) is 2.52. The number of ether oxygens (including phenoxy) is 3. The summed E-state index contributed by atoms with van der Waals surface area (Å²) in [7, 11) is 0. The van der Waals surface area contributed by atoms with E-state index in [-0.39, 0.29) is 30.2 Å². The van der Waals surface area contributed by atoms with E-state index in [1.54, 1.807) is 0 Å². The summed E-state index contributed by atoms with van der Waals surface area (Å²) in [5.41, 5.74) is -0.191. The van der Waals surface area contributed by atoms with Crippen molar-refractivity contribution in [3.05, 3.63) is 0 Å². The van der Waals surface area contributed by atoms with Crippen molar-refractivity contribution in [3.63, 3.8) is 0 Å². The normalized spacial score (nSPS) is 29.7. The molecule has 1 aliphatic heterocycles. The Hall–Kier alpha value is 0.230. The molecule has 162 valence electrons. The lowest BCUT2D eigenvalue weighted by Crippen LogP contribution is -2.53. The van der Waals surface area contributed by atoms with Gasteiger partial charge < -0.3 is 14.2 Å². The fraction of sp³-hybridized carbons (Fsp3) is 1.00. The highest BCUT2D eigenvalue weighted by Gasteiger charge is 2.43. The molecule has 2 unspecified atom stereocenters. The molecule has 0 N–H and O–H groups in total. The molecule has 3 nitrogen and oxygen atoms in total. The molecular formula is C23H46O3S. The predicted molar refractivity (Wildman–Crippen MR) is 119 cm³/mol. The first-order valence-corrected chi connectivity index (χ1v) is 12.2. The van der Waals surface area contributed by atoms with Gasteiger partial charge in [-0.05, 0) is 64.4 Å². The Bertz CT molecular complexity index is 392. The summed E-state index contributed by atoms with van der Waals surface area (Å²) in [5, 5.41) is 0.748. The number of thioether (sulfide) groups is 1. The van der Waals surface area contributed by atoms with Crippen LogP contribution in [0, 0.1) is 11.8 Å². The summed E-state index contributed by atoms with van der Waals surface area (Å²) in [5.74, 6) is 2.05. The molecule has 1 heterocycles. The minimum Gasteiger partial charge on any atom is -0.373 e. The summed E-state index contributed by atoms with van der Waals surface area (Å²) in [6.45, 7) is 19.7. The number of hydrogen-bond donors (Lipinski definition) is 0. The van der Waals surface area contributed by atoms with Crippen LogP contribution in [0.2, 0.25) is 0 Å². The molecule has 1 aliphatic rings. The van der Waals surface area contributed by atoms with Crippen LogP contribution in [0.3, 0.4) is 0 Å². The lowest BCUT2D eigenvalue weighted by atomic mass is 9.82. The minimum atomic E-state index is -0.191. The van der Waals surface area contributed by atoms with Gasteiger partial charge in [-0.3, -0.25) is 0 Å². The Morgan fingerprint density at radius 3 is 2.11 bits per heavy atom. The molecular weight excluding hydrogens is 356 g/mol. The van der Waals surface area contributed by atoms with Crippen molar-refractivity contribution in [2.24, 2.45) is 11.8 Å². The van der Waals surface area contributed by atoms with Gasteiger partial charge >= 0.3 is 0 Å². The summed E-state index contributed by atoms with van der Waals surface area (Å²) in [4.78, 5) is 0. The van der Waals surface area contributed by atoms with Crippen LogP contribution in [0.15, 0.2) is 0 Å². The molecule has 0 aliphatic carbocycles. The van der Waals surface area contributed by atoms with E-state index >= 15 is 0 Å². The molecule has 0 aromatic carbocycles. The first-order valence-electron chi connectivity index (χ1n) is 11.1. The van der Waals surface area contributed by atoms with E-state index in [0.29, 0.717) is 11.8 Å². The van der Waals surface area contributed by atoms with Crippen LogP contribution in [0.1, 0.15) is 94.4 Å². The van der Waals surface area contributed by atoms with Crippen molar-refractivity contribution in [3.8, 4) is 0 Å². The van der Waals surface area contributed by atoms with Crippen molar-refractivity contribution in [1.82, 2.24) is 0 Å². The van der Waals surface area contributed by atoms with E-state index in [1.807, 2.05) is 0 Å². The zero-order chi connectivity index (χ0) is 20.6. The summed E-state index contributed by atoms with van der Waals surface area (Å²) in [6.07, 6.45) is 6.57. The maximum atomic E-state index is 6.47. The van der Waals surface area contributed by atoms with E-state index in [9.17, 15) is 0 Å². The SMILES string of the molecule is CC(C)O[C@@H]1C(CCCCCCSC(C)C)O[C@H](OC(C)(C)C)C(C)[C@H]1C. The molecule has 0 bridgehead atoms. The Labute approximate surface area is 173 Å². The van der Waals surface area contributed by atoms with Crippen molar-refractivity contribution in [1.29, 1.82) is 0 Å². The molecule has 27 heavy (non-hydrogen) atoms. The maximum absolute atomic E-state index is 6.47. The standard InChI is InChI=1S/C23H46O3S/c1-16(2)24-21-18(5)19(6)22(26-23(7,8)9)25-20(21)14-12-10-11-13-15-27-17(3)4/h16-22H,10-15H2,1-9H3/t18-,19?,20?,21+,22-/m1/s1. The van der Waals surface area contributed by atoms with Gasteiger partial charge in [-0.2, -0.15) is 11.8 Å². The van der Waals surface area contributed by atoms with Crippen LogP contribution < -0.4 is 0 Å². The lowest BCUT2D eigenvalue weighted by Gasteiger charge is -2.46. The van der Waals surface area contributed by atoms with Crippen molar-refractivity contribution in [2.75, 3.05) is 5.75 Å². The van der Waals surface area contributed by atoms with E-state index in [0.717, 1.165) is 11.7 Å². The molecule has 5 atom stereocenters. The first kappa shape index (κ1) is 25.3. The maximum Gasteiger partial charge on any atom is 0.161 e. The van der Waals surface area contributed by atoms with Gasteiger partial charge in [0.1, 0.15) is 0 Å². The Kier molecular flexibility index (Phi) is 11.3. The Morgan fingerprint density at radius 2 is 1.56 bits per heavy atom. The largest absolute Gasteiger partial charge is 0.373 e. The lowest BCUT2D eigenvalue weighted by molar-refractivity contribution is -0.299. The second kappa shape index (κ2) is 12.0. The monoisotopic (exact) mass is 402 g/mol. The average molecular weight is 403 g/mol. The molecule has 0 aromatic rings. The second-order valence-electron chi connectivity index (χ2n) is 9.76. The number of hydrogen-bond acceptors (Lipinski definition) is 4. The van der Waals surface area contributed by atoms with E-state index in [1.165, 1.54) is 31.4 Å². The second-order valence-corrected chi connectivity index (χ2v) is 11.4. The van der Waals surface area contributed by atoms with Gasteiger partial charge in [-0.15, -0.1) is 0 Å². The van der Waals surface area contributed by atoms with Gasteiger partial charge in [-0.25, -0.2) is 0 Å². The molecule has 1 rings (SSSR count). The third-order valence-corrected chi connectivity index (χ3v) is 6.38. The van der Waals surface area contributed by atoms with Gasteiger partial charge in [0, 0.05) is 5.92 Å². The number of rotatable bonds is 11. The fourth-order valence-corrected chi connectivity index (χ4v) is 4.46. The molecule has 0 saturated carbocycles. The van der Waals surface area contributed by atoms with Crippen LogP contribution in [-0.4, -0.2) is 41.2 Å². The van der Waals surface area contributed by atoms with Crippen LogP contribution in [0.5, 0.6) is 0 Å². The van der Waals surface area contributed by atoms with E-state index in [2.05, 4.69) is 74.1 Å². The molecule has 4 heteroatoms. The first-order chi connectivity index (χ1) is 12.5. The Balaban J connectivity index is 2.56. The van der Waals surface area contributed by atoms with Gasteiger partial charge in [-0.1, -0.05) is 47.0 Å². The highest BCUT2D eigenvalue weighted by molar-refractivity contribution is 7.99. The molecule has 0 spiro atoms. The third-order valence-electron chi connectivity index (χ3n) is 5.19. The highest BCUT2D eigenvalue weighted by Crippen LogP contribution is 2.37. The molecule has 1 saturated heterocycles. The minimum absolute atomic E-state index is 0.135. The molecule has 1 fully saturated rings. The topological polar surface area (TPSA) is 27.7 Å². The summed E-state index contributed by atoms with van der Waals surface area (Å²) < 4.78 is 19.0. The van der Waals surface area contributed by atoms with Crippen molar-refractivity contribution >= 4 is 11.8 Å². The van der Waals surface area contributed by atoms with Gasteiger partial charge in [0.25, 0.3) is 0 Å². The van der Waals surface area contributed by atoms with Crippen molar-refractivity contribution < 1.29 is 14.2 Å². The molecule has 0 amide bonds. The van der Waals surface area contributed by atoms with Crippen molar-refractivity contribution in [2.45, 2.75) is 130 Å². The van der Waals surface area contributed by atoms with Crippen LogP contribution in [0.25, 0.3) is 0 Å². The van der Waals surface area contributed by atoms with Gasteiger partial charge in [0.05, 0.1) is 23.9 Å². The van der Waals surface area contributed by atoms with Gasteiger partial charge in [0.15, 0.2) is 6.29 Å². The van der Waals surface area contributed by atoms with E-state index < -0.39 is 0 Å². The van der Waals surface area contributed by atoms with Gasteiger partial charge in [0.2, 0.25) is 0 Å². The molecule has 0 aromatic heterocycles. The van der Waals surface area contributed by atoms with E-state index in [4.69, 9.17) is 14.2 Å². The predicted octanol–water partition coefficient (Wildman–Crippen LogP) is 6.68.